The Morgan fingerprint density at radius 1 is 1.25 bits per heavy atom. The van der Waals surface area contributed by atoms with Gasteiger partial charge in [0.2, 0.25) is 5.91 Å². The summed E-state index contributed by atoms with van der Waals surface area (Å²) in [5.74, 6) is 0.235. The molecule has 7 nitrogen and oxygen atoms in total. The van der Waals surface area contributed by atoms with Gasteiger partial charge in [0, 0.05) is 19.5 Å². The summed E-state index contributed by atoms with van der Waals surface area (Å²) in [6.45, 7) is 2.82. The fourth-order valence-corrected chi connectivity index (χ4v) is 3.85. The first-order valence-electron chi connectivity index (χ1n) is 8.72. The molecule has 4 amide bonds. The second kappa shape index (κ2) is 8.16. The van der Waals surface area contributed by atoms with E-state index in [1.54, 1.807) is 0 Å². The molecule has 0 aromatic heterocycles. The molecule has 3 aliphatic rings. The molecule has 2 saturated heterocycles. The quantitative estimate of drug-likeness (QED) is 0.633. The maximum Gasteiger partial charge on any atom is 0.325 e. The highest BCUT2D eigenvalue weighted by Gasteiger charge is 2.52. The van der Waals surface area contributed by atoms with Gasteiger partial charge in [0.05, 0.1) is 0 Å². The fourth-order valence-electron chi connectivity index (χ4n) is 3.85. The number of hydrogen-bond donors (Lipinski definition) is 3. The van der Waals surface area contributed by atoms with Gasteiger partial charge >= 0.3 is 6.03 Å². The zero-order valence-corrected chi connectivity index (χ0v) is 14.8. The van der Waals surface area contributed by atoms with Crippen molar-refractivity contribution in [1.29, 1.82) is 0 Å². The Morgan fingerprint density at radius 2 is 2.00 bits per heavy atom. The molecule has 1 aliphatic carbocycles. The van der Waals surface area contributed by atoms with Crippen LogP contribution in [0.25, 0.3) is 0 Å². The largest absolute Gasteiger partial charge is 0.356 e. The van der Waals surface area contributed by atoms with Gasteiger partial charge in [0.25, 0.3) is 5.91 Å². The van der Waals surface area contributed by atoms with Gasteiger partial charge in [-0.25, -0.2) is 4.79 Å². The van der Waals surface area contributed by atoms with Gasteiger partial charge < -0.3 is 16.0 Å². The number of urea groups is 1. The van der Waals surface area contributed by atoms with Crippen LogP contribution in [0.4, 0.5) is 4.79 Å². The molecule has 0 aromatic rings. The van der Waals surface area contributed by atoms with Crippen LogP contribution < -0.4 is 16.0 Å². The Labute approximate surface area is 148 Å². The number of piperidine rings is 1. The molecular formula is C16H27ClN4O3. The Hall–Kier alpha value is -1.34. The molecule has 0 bridgehead atoms. The first kappa shape index (κ1) is 19.0. The zero-order valence-electron chi connectivity index (χ0n) is 13.9. The average molecular weight is 359 g/mol. The van der Waals surface area contributed by atoms with E-state index < -0.39 is 5.54 Å². The van der Waals surface area contributed by atoms with Gasteiger partial charge in [-0.3, -0.25) is 14.5 Å². The predicted octanol–water partition coefficient (Wildman–Crippen LogP) is 0.779. The van der Waals surface area contributed by atoms with Crippen molar-refractivity contribution in [1.82, 2.24) is 20.9 Å². The number of amides is 4. The Morgan fingerprint density at radius 3 is 2.67 bits per heavy atom. The molecule has 2 aliphatic heterocycles. The predicted molar refractivity (Wildman–Crippen MR) is 91.9 cm³/mol. The van der Waals surface area contributed by atoms with E-state index in [2.05, 4.69) is 16.0 Å². The molecule has 1 saturated carbocycles. The highest BCUT2D eigenvalue weighted by molar-refractivity contribution is 6.07. The molecule has 1 atom stereocenters. The van der Waals surface area contributed by atoms with Gasteiger partial charge in [-0.1, -0.05) is 12.8 Å². The number of rotatable bonds is 5. The van der Waals surface area contributed by atoms with Crippen molar-refractivity contribution in [2.45, 2.75) is 50.5 Å². The van der Waals surface area contributed by atoms with Gasteiger partial charge in [-0.05, 0) is 44.7 Å². The van der Waals surface area contributed by atoms with E-state index >= 15 is 0 Å². The van der Waals surface area contributed by atoms with Crippen LogP contribution in [0.1, 0.15) is 44.9 Å². The summed E-state index contributed by atoms with van der Waals surface area (Å²) < 4.78 is 0. The fraction of sp³-hybridized carbons (Fsp3) is 0.812. The number of carbonyl (C=O) groups excluding carboxylic acids is 3. The van der Waals surface area contributed by atoms with E-state index in [0.29, 0.717) is 12.5 Å². The van der Waals surface area contributed by atoms with Crippen LogP contribution in [-0.4, -0.2) is 54.5 Å². The summed E-state index contributed by atoms with van der Waals surface area (Å²) in [6, 6.07) is -0.346. The van der Waals surface area contributed by atoms with Crippen LogP contribution in [0.2, 0.25) is 0 Å². The molecule has 8 heteroatoms. The molecule has 2 heterocycles. The summed E-state index contributed by atoms with van der Waals surface area (Å²) in [7, 11) is 0. The van der Waals surface area contributed by atoms with Gasteiger partial charge in [-0.2, -0.15) is 0 Å². The number of nitrogens with zero attached hydrogens (tertiary/aromatic N) is 1. The monoisotopic (exact) mass is 358 g/mol. The maximum absolute atomic E-state index is 12.5. The molecule has 0 radical (unpaired) electrons. The summed E-state index contributed by atoms with van der Waals surface area (Å²) in [4.78, 5) is 37.7. The number of imide groups is 1. The number of hydrogen-bond acceptors (Lipinski definition) is 4. The summed E-state index contributed by atoms with van der Waals surface area (Å²) in [5.41, 5.74) is -0.679. The van der Waals surface area contributed by atoms with Crippen LogP contribution in [0.5, 0.6) is 0 Å². The molecule has 24 heavy (non-hydrogen) atoms. The second-order valence-corrected chi connectivity index (χ2v) is 6.94. The molecule has 136 valence electrons. The third-order valence-corrected chi connectivity index (χ3v) is 5.25. The minimum absolute atomic E-state index is 0. The zero-order chi connectivity index (χ0) is 16.3. The Bertz CT molecular complexity index is 488. The standard InChI is InChI=1S/C16H26N4O3.ClH/c21-13(18-11-12-4-3-8-17-10-12)5-9-20-14(22)16(19-15(20)23)6-1-2-7-16;/h12,17H,1-11H2,(H,18,21)(H,19,23);1H. The lowest BCUT2D eigenvalue weighted by molar-refractivity contribution is -0.131. The van der Waals surface area contributed by atoms with Gasteiger partial charge in [0.15, 0.2) is 0 Å². The molecule has 1 spiro atoms. The first-order valence-corrected chi connectivity index (χ1v) is 8.72. The van der Waals surface area contributed by atoms with Crippen molar-refractivity contribution in [3.8, 4) is 0 Å². The lowest BCUT2D eigenvalue weighted by atomic mass is 9.98. The van der Waals surface area contributed by atoms with Crippen LogP contribution in [0.15, 0.2) is 0 Å². The summed E-state index contributed by atoms with van der Waals surface area (Å²) in [6.07, 6.45) is 5.82. The smallest absolute Gasteiger partial charge is 0.325 e. The molecule has 3 N–H and O–H groups in total. The SMILES string of the molecule is Cl.O=C(CCN1C(=O)NC2(CCCC2)C1=O)NCC1CCCNC1. The normalized spacial score (nSPS) is 25.5. The second-order valence-electron chi connectivity index (χ2n) is 6.94. The van der Waals surface area contributed by atoms with E-state index in [-0.39, 0.29) is 43.2 Å². The molecular weight excluding hydrogens is 332 g/mol. The van der Waals surface area contributed by atoms with Crippen LogP contribution >= 0.6 is 12.4 Å². The molecule has 3 rings (SSSR count). The topological polar surface area (TPSA) is 90.5 Å². The molecule has 3 fully saturated rings. The van der Waals surface area contributed by atoms with Crippen molar-refractivity contribution in [2.24, 2.45) is 5.92 Å². The summed E-state index contributed by atoms with van der Waals surface area (Å²) in [5, 5.41) is 9.07. The third kappa shape index (κ3) is 4.00. The van der Waals surface area contributed by atoms with Crippen molar-refractivity contribution >= 4 is 30.3 Å². The van der Waals surface area contributed by atoms with E-state index in [1.165, 1.54) is 4.90 Å². The van der Waals surface area contributed by atoms with Crippen molar-refractivity contribution in [3.05, 3.63) is 0 Å². The van der Waals surface area contributed by atoms with Crippen molar-refractivity contribution in [3.63, 3.8) is 0 Å². The van der Waals surface area contributed by atoms with E-state index in [9.17, 15) is 14.4 Å². The van der Waals surface area contributed by atoms with E-state index in [4.69, 9.17) is 0 Å². The minimum atomic E-state index is -0.679. The Balaban J connectivity index is 0.00000208. The lowest BCUT2D eigenvalue weighted by Gasteiger charge is -2.23. The van der Waals surface area contributed by atoms with Crippen LogP contribution in [-0.2, 0) is 9.59 Å². The summed E-state index contributed by atoms with van der Waals surface area (Å²) >= 11 is 0. The molecule has 0 aromatic carbocycles. The third-order valence-electron chi connectivity index (χ3n) is 5.25. The highest BCUT2D eigenvalue weighted by atomic mass is 35.5. The van der Waals surface area contributed by atoms with Crippen LogP contribution in [0, 0.1) is 5.92 Å². The average Bonchev–Trinajstić information content (AvgIpc) is 3.11. The maximum atomic E-state index is 12.5. The molecule has 1 unspecified atom stereocenters. The van der Waals surface area contributed by atoms with Gasteiger partial charge in [-0.15, -0.1) is 12.4 Å². The van der Waals surface area contributed by atoms with Crippen LogP contribution in [0.3, 0.4) is 0 Å². The van der Waals surface area contributed by atoms with E-state index in [1.807, 2.05) is 0 Å². The Kier molecular flexibility index (Phi) is 6.46. The number of carbonyl (C=O) groups is 3. The minimum Gasteiger partial charge on any atom is -0.356 e. The van der Waals surface area contributed by atoms with Crippen molar-refractivity contribution < 1.29 is 14.4 Å². The van der Waals surface area contributed by atoms with Crippen molar-refractivity contribution in [2.75, 3.05) is 26.2 Å². The number of nitrogens with one attached hydrogen (secondary N) is 3. The highest BCUT2D eigenvalue weighted by Crippen LogP contribution is 2.34. The van der Waals surface area contributed by atoms with E-state index in [0.717, 1.165) is 51.6 Å². The lowest BCUT2D eigenvalue weighted by Crippen LogP contribution is -2.44. The first-order chi connectivity index (χ1) is 11.1. The number of halogens is 1. The van der Waals surface area contributed by atoms with Gasteiger partial charge in [0.1, 0.15) is 5.54 Å².